The quantitative estimate of drug-likeness (QED) is 0.902. The number of hydrogen-bond acceptors (Lipinski definition) is 2. The summed E-state index contributed by atoms with van der Waals surface area (Å²) >= 11 is 5.88. The lowest BCUT2D eigenvalue weighted by Crippen LogP contribution is -2.39. The van der Waals surface area contributed by atoms with Crippen molar-refractivity contribution in [1.29, 1.82) is 0 Å². The molecule has 0 fully saturated rings. The predicted molar refractivity (Wildman–Crippen MR) is 69.4 cm³/mol. The number of carbonyl (C=O) groups excluding carboxylic acids is 1. The van der Waals surface area contributed by atoms with E-state index in [-0.39, 0.29) is 12.5 Å². The van der Waals surface area contributed by atoms with Crippen LogP contribution in [-0.2, 0) is 0 Å². The first kappa shape index (κ1) is 14.0. The third-order valence-electron chi connectivity index (χ3n) is 2.40. The van der Waals surface area contributed by atoms with Gasteiger partial charge in [0.1, 0.15) is 0 Å². The number of nitrogens with zero attached hydrogens (tertiary/aromatic N) is 1. The molecule has 0 bridgehead atoms. The molecule has 0 aliphatic rings. The molecule has 1 rings (SSSR count). The predicted octanol–water partition coefficient (Wildman–Crippen LogP) is 2.49. The number of hydrogen-bond donors (Lipinski definition) is 1. The van der Waals surface area contributed by atoms with Crippen LogP contribution in [0.25, 0.3) is 0 Å². The van der Waals surface area contributed by atoms with E-state index in [0.717, 1.165) is 5.56 Å². The molecule has 0 spiro atoms. The van der Waals surface area contributed by atoms with Crippen molar-refractivity contribution in [3.05, 3.63) is 34.3 Å². The number of halogens is 1. The summed E-state index contributed by atoms with van der Waals surface area (Å²) in [6.45, 7) is 5.47. The van der Waals surface area contributed by atoms with E-state index >= 15 is 0 Å². The van der Waals surface area contributed by atoms with Crippen LogP contribution in [0.3, 0.4) is 0 Å². The largest absolute Gasteiger partial charge is 0.389 e. The second-order valence-electron chi connectivity index (χ2n) is 4.93. The van der Waals surface area contributed by atoms with Gasteiger partial charge >= 0.3 is 0 Å². The van der Waals surface area contributed by atoms with Crippen LogP contribution in [-0.4, -0.2) is 35.1 Å². The zero-order valence-electron chi connectivity index (χ0n) is 10.6. The topological polar surface area (TPSA) is 40.5 Å². The monoisotopic (exact) mass is 255 g/mol. The van der Waals surface area contributed by atoms with Crippen molar-refractivity contribution < 1.29 is 9.90 Å². The molecule has 0 heterocycles. The third-order valence-corrected chi connectivity index (χ3v) is 2.64. The van der Waals surface area contributed by atoms with Gasteiger partial charge in [-0.15, -0.1) is 0 Å². The van der Waals surface area contributed by atoms with E-state index in [0.29, 0.717) is 10.6 Å². The fourth-order valence-corrected chi connectivity index (χ4v) is 1.85. The van der Waals surface area contributed by atoms with Crippen molar-refractivity contribution in [3.63, 3.8) is 0 Å². The van der Waals surface area contributed by atoms with E-state index in [1.807, 2.05) is 13.0 Å². The fraction of sp³-hybridized carbons (Fsp3) is 0.462. The molecule has 0 saturated carbocycles. The Morgan fingerprint density at radius 1 is 1.47 bits per heavy atom. The molecule has 0 unspecified atom stereocenters. The highest BCUT2D eigenvalue weighted by atomic mass is 35.5. The molecular formula is C13H18ClNO2. The smallest absolute Gasteiger partial charge is 0.254 e. The van der Waals surface area contributed by atoms with E-state index in [2.05, 4.69) is 0 Å². The van der Waals surface area contributed by atoms with Gasteiger partial charge in [-0.05, 0) is 38.5 Å². The van der Waals surface area contributed by atoms with Gasteiger partial charge in [-0.1, -0.05) is 17.7 Å². The van der Waals surface area contributed by atoms with Crippen LogP contribution in [0.5, 0.6) is 0 Å². The van der Waals surface area contributed by atoms with Gasteiger partial charge in [0.2, 0.25) is 0 Å². The average molecular weight is 256 g/mol. The SMILES string of the molecule is Cc1ccc(Cl)cc1C(=O)N(C)CC(C)(C)O. The number of aryl methyl sites for hydroxylation is 1. The van der Waals surface area contributed by atoms with Crippen LogP contribution in [0.1, 0.15) is 29.8 Å². The Bertz CT molecular complexity index is 424. The van der Waals surface area contributed by atoms with Gasteiger partial charge in [0.05, 0.1) is 5.60 Å². The highest BCUT2D eigenvalue weighted by Gasteiger charge is 2.21. The Labute approximate surface area is 107 Å². The zero-order chi connectivity index (χ0) is 13.2. The third kappa shape index (κ3) is 4.02. The van der Waals surface area contributed by atoms with E-state index < -0.39 is 5.60 Å². The molecule has 1 N–H and O–H groups in total. The van der Waals surface area contributed by atoms with Crippen molar-refractivity contribution in [2.45, 2.75) is 26.4 Å². The second-order valence-corrected chi connectivity index (χ2v) is 5.37. The summed E-state index contributed by atoms with van der Waals surface area (Å²) in [4.78, 5) is 13.7. The minimum Gasteiger partial charge on any atom is -0.389 e. The van der Waals surface area contributed by atoms with Crippen LogP contribution in [0.15, 0.2) is 18.2 Å². The van der Waals surface area contributed by atoms with Gasteiger partial charge in [-0.25, -0.2) is 0 Å². The van der Waals surface area contributed by atoms with Crippen LogP contribution in [0.4, 0.5) is 0 Å². The van der Waals surface area contributed by atoms with Gasteiger partial charge in [0, 0.05) is 24.2 Å². The molecule has 1 aromatic rings. The molecule has 0 saturated heterocycles. The highest BCUT2D eigenvalue weighted by molar-refractivity contribution is 6.31. The van der Waals surface area contributed by atoms with Gasteiger partial charge in [0.25, 0.3) is 5.91 Å². The second kappa shape index (κ2) is 5.07. The summed E-state index contributed by atoms with van der Waals surface area (Å²) in [6.07, 6.45) is 0. The minimum atomic E-state index is -0.906. The average Bonchev–Trinajstić information content (AvgIpc) is 2.18. The van der Waals surface area contributed by atoms with Crippen molar-refractivity contribution in [2.24, 2.45) is 0 Å². The first-order chi connectivity index (χ1) is 7.70. The van der Waals surface area contributed by atoms with Crippen molar-refractivity contribution >= 4 is 17.5 Å². The first-order valence-electron chi connectivity index (χ1n) is 5.45. The summed E-state index contributed by atoms with van der Waals surface area (Å²) in [6, 6.07) is 5.22. The first-order valence-corrected chi connectivity index (χ1v) is 5.82. The zero-order valence-corrected chi connectivity index (χ0v) is 11.4. The molecule has 1 aromatic carbocycles. The van der Waals surface area contributed by atoms with Crippen LogP contribution in [0.2, 0.25) is 5.02 Å². The summed E-state index contributed by atoms with van der Waals surface area (Å²) < 4.78 is 0. The number of amides is 1. The molecule has 1 amide bonds. The molecule has 17 heavy (non-hydrogen) atoms. The maximum absolute atomic E-state index is 12.2. The number of benzene rings is 1. The fourth-order valence-electron chi connectivity index (χ4n) is 1.68. The van der Waals surface area contributed by atoms with Gasteiger partial charge in [-0.2, -0.15) is 0 Å². The molecular weight excluding hydrogens is 238 g/mol. The summed E-state index contributed by atoms with van der Waals surface area (Å²) in [5.41, 5.74) is 0.544. The molecule has 94 valence electrons. The summed E-state index contributed by atoms with van der Waals surface area (Å²) in [5.74, 6) is -0.132. The van der Waals surface area contributed by atoms with E-state index in [4.69, 9.17) is 11.6 Å². The van der Waals surface area contributed by atoms with Crippen LogP contribution < -0.4 is 0 Å². The molecule has 3 nitrogen and oxygen atoms in total. The Kier molecular flexibility index (Phi) is 4.17. The molecule has 0 aliphatic carbocycles. The molecule has 0 aliphatic heterocycles. The Morgan fingerprint density at radius 2 is 2.06 bits per heavy atom. The minimum absolute atomic E-state index is 0.132. The number of likely N-dealkylation sites (N-methyl/N-ethyl adjacent to an activating group) is 1. The van der Waals surface area contributed by atoms with Crippen molar-refractivity contribution in [1.82, 2.24) is 4.90 Å². The van der Waals surface area contributed by atoms with Gasteiger partial charge < -0.3 is 10.0 Å². The van der Waals surface area contributed by atoms with Gasteiger partial charge in [-0.3, -0.25) is 4.79 Å². The summed E-state index contributed by atoms with van der Waals surface area (Å²) in [5, 5.41) is 10.2. The van der Waals surface area contributed by atoms with Crippen molar-refractivity contribution in [2.75, 3.05) is 13.6 Å². The molecule has 0 radical (unpaired) electrons. The molecule has 4 heteroatoms. The molecule has 0 atom stereocenters. The Morgan fingerprint density at radius 3 is 2.59 bits per heavy atom. The highest BCUT2D eigenvalue weighted by Crippen LogP contribution is 2.17. The van der Waals surface area contributed by atoms with E-state index in [1.165, 1.54) is 4.90 Å². The van der Waals surface area contributed by atoms with E-state index in [1.54, 1.807) is 33.0 Å². The Hall–Kier alpha value is -1.06. The summed E-state index contributed by atoms with van der Waals surface area (Å²) in [7, 11) is 1.67. The number of aliphatic hydroxyl groups is 1. The number of carbonyl (C=O) groups is 1. The number of rotatable bonds is 3. The molecule has 0 aromatic heterocycles. The van der Waals surface area contributed by atoms with Crippen LogP contribution >= 0.6 is 11.6 Å². The normalized spacial score (nSPS) is 11.4. The maximum Gasteiger partial charge on any atom is 0.254 e. The Balaban J connectivity index is 2.93. The van der Waals surface area contributed by atoms with E-state index in [9.17, 15) is 9.90 Å². The van der Waals surface area contributed by atoms with Crippen LogP contribution in [0, 0.1) is 6.92 Å². The lowest BCUT2D eigenvalue weighted by Gasteiger charge is -2.26. The lowest BCUT2D eigenvalue weighted by atomic mass is 10.1. The lowest BCUT2D eigenvalue weighted by molar-refractivity contribution is 0.0367. The van der Waals surface area contributed by atoms with Crippen molar-refractivity contribution in [3.8, 4) is 0 Å². The maximum atomic E-state index is 12.2. The standard InChI is InChI=1S/C13H18ClNO2/c1-9-5-6-10(14)7-11(9)12(16)15(4)8-13(2,3)17/h5-7,17H,8H2,1-4H3. The van der Waals surface area contributed by atoms with Gasteiger partial charge in [0.15, 0.2) is 0 Å².